The van der Waals surface area contributed by atoms with Crippen molar-refractivity contribution in [2.24, 2.45) is 17.6 Å². The Kier molecular flexibility index (Phi) is 8.49. The van der Waals surface area contributed by atoms with E-state index in [1.165, 1.54) is 4.90 Å². The molecule has 0 radical (unpaired) electrons. The van der Waals surface area contributed by atoms with Crippen molar-refractivity contribution < 1.29 is 4.79 Å². The minimum Gasteiger partial charge on any atom is -0.355 e. The lowest BCUT2D eigenvalue weighted by molar-refractivity contribution is -0.125. The van der Waals surface area contributed by atoms with Crippen LogP contribution in [0.4, 0.5) is 0 Å². The number of benzene rings is 1. The highest BCUT2D eigenvalue weighted by Crippen LogP contribution is 2.30. The average molecular weight is 349 g/mol. The lowest BCUT2D eigenvalue weighted by Crippen LogP contribution is -2.36. The third-order valence-electron chi connectivity index (χ3n) is 3.78. The summed E-state index contributed by atoms with van der Waals surface area (Å²) in [4.78, 5) is 13.2. The normalized spacial score (nSPS) is 20.9. The van der Waals surface area contributed by atoms with E-state index in [2.05, 4.69) is 5.32 Å². The molecular formula is C15H22Cl2N2OS. The first-order valence-electron chi connectivity index (χ1n) is 7.07. The van der Waals surface area contributed by atoms with E-state index in [-0.39, 0.29) is 24.2 Å². The highest BCUT2D eigenvalue weighted by molar-refractivity contribution is 7.99. The maximum Gasteiger partial charge on any atom is 0.223 e. The lowest BCUT2D eigenvalue weighted by Gasteiger charge is -2.17. The third-order valence-corrected chi connectivity index (χ3v) is 5.05. The predicted molar refractivity (Wildman–Crippen MR) is 92.3 cm³/mol. The van der Waals surface area contributed by atoms with Gasteiger partial charge in [0.05, 0.1) is 0 Å². The summed E-state index contributed by atoms with van der Waals surface area (Å²) in [5.41, 5.74) is 5.71. The first-order valence-corrected chi connectivity index (χ1v) is 8.43. The van der Waals surface area contributed by atoms with Gasteiger partial charge in [-0.05, 0) is 49.6 Å². The van der Waals surface area contributed by atoms with Gasteiger partial charge in [0.1, 0.15) is 0 Å². The summed E-state index contributed by atoms with van der Waals surface area (Å²) >= 11 is 7.56. The summed E-state index contributed by atoms with van der Waals surface area (Å²) < 4.78 is 0. The Bertz CT molecular complexity index is 442. The molecule has 0 unspecified atom stereocenters. The third kappa shape index (κ3) is 5.70. The van der Waals surface area contributed by atoms with Crippen molar-refractivity contribution in [2.75, 3.05) is 18.8 Å². The van der Waals surface area contributed by atoms with Crippen molar-refractivity contribution in [3.8, 4) is 0 Å². The molecule has 1 aromatic rings. The molecular weight excluding hydrogens is 327 g/mol. The second-order valence-electron chi connectivity index (χ2n) is 5.13. The van der Waals surface area contributed by atoms with Crippen LogP contribution < -0.4 is 11.1 Å². The molecule has 0 bridgehead atoms. The number of carbonyl (C=O) groups excluding carboxylic acids is 1. The smallest absolute Gasteiger partial charge is 0.223 e. The van der Waals surface area contributed by atoms with E-state index in [1.807, 2.05) is 24.3 Å². The minimum atomic E-state index is 0. The van der Waals surface area contributed by atoms with Gasteiger partial charge in [0.25, 0.3) is 0 Å². The van der Waals surface area contributed by atoms with E-state index in [0.717, 1.165) is 30.0 Å². The van der Waals surface area contributed by atoms with E-state index < -0.39 is 0 Å². The SMILES string of the molecule is Cl.NC[C@H]1CCC[C@H]1C(=O)NCCSc1ccc(Cl)cc1. The van der Waals surface area contributed by atoms with Gasteiger partial charge in [0, 0.05) is 28.1 Å². The zero-order valence-electron chi connectivity index (χ0n) is 11.9. The van der Waals surface area contributed by atoms with Gasteiger partial charge in [-0.1, -0.05) is 18.0 Å². The number of nitrogens with two attached hydrogens (primary N) is 1. The zero-order valence-corrected chi connectivity index (χ0v) is 14.3. The van der Waals surface area contributed by atoms with Crippen molar-refractivity contribution in [1.82, 2.24) is 5.32 Å². The summed E-state index contributed by atoms with van der Waals surface area (Å²) in [5.74, 6) is 1.54. The van der Waals surface area contributed by atoms with Crippen molar-refractivity contribution in [1.29, 1.82) is 0 Å². The predicted octanol–water partition coefficient (Wildman–Crippen LogP) is 3.35. The maximum atomic E-state index is 12.1. The van der Waals surface area contributed by atoms with Gasteiger partial charge < -0.3 is 11.1 Å². The number of halogens is 2. The van der Waals surface area contributed by atoms with Gasteiger partial charge in [0.15, 0.2) is 0 Å². The maximum absolute atomic E-state index is 12.1. The molecule has 3 nitrogen and oxygen atoms in total. The van der Waals surface area contributed by atoms with Gasteiger partial charge in [-0.2, -0.15) is 0 Å². The average Bonchev–Trinajstić information content (AvgIpc) is 2.94. The van der Waals surface area contributed by atoms with E-state index in [9.17, 15) is 4.79 Å². The van der Waals surface area contributed by atoms with Crippen LogP contribution in [0.3, 0.4) is 0 Å². The summed E-state index contributed by atoms with van der Waals surface area (Å²) in [6.45, 7) is 1.32. The van der Waals surface area contributed by atoms with Crippen LogP contribution in [0.5, 0.6) is 0 Å². The zero-order chi connectivity index (χ0) is 14.4. The highest BCUT2D eigenvalue weighted by atomic mass is 35.5. The van der Waals surface area contributed by atoms with Crippen molar-refractivity contribution in [2.45, 2.75) is 24.2 Å². The second-order valence-corrected chi connectivity index (χ2v) is 6.73. The van der Waals surface area contributed by atoms with Crippen LogP contribution in [-0.4, -0.2) is 24.7 Å². The van der Waals surface area contributed by atoms with Crippen LogP contribution >= 0.6 is 35.8 Å². The fourth-order valence-electron chi connectivity index (χ4n) is 2.67. The van der Waals surface area contributed by atoms with Gasteiger partial charge in [-0.3, -0.25) is 4.79 Å². The van der Waals surface area contributed by atoms with Crippen molar-refractivity contribution in [3.05, 3.63) is 29.3 Å². The molecule has 1 saturated carbocycles. The molecule has 1 aliphatic carbocycles. The first kappa shape index (κ1) is 18.6. The van der Waals surface area contributed by atoms with Crippen LogP contribution in [-0.2, 0) is 4.79 Å². The monoisotopic (exact) mass is 348 g/mol. The highest BCUT2D eigenvalue weighted by Gasteiger charge is 2.31. The number of rotatable bonds is 6. The fraction of sp³-hybridized carbons (Fsp3) is 0.533. The fourth-order valence-corrected chi connectivity index (χ4v) is 3.56. The van der Waals surface area contributed by atoms with Gasteiger partial charge in [-0.25, -0.2) is 0 Å². The van der Waals surface area contributed by atoms with Crippen LogP contribution in [0.1, 0.15) is 19.3 Å². The number of amides is 1. The van der Waals surface area contributed by atoms with E-state index in [0.29, 0.717) is 19.0 Å². The summed E-state index contributed by atoms with van der Waals surface area (Å²) in [7, 11) is 0. The summed E-state index contributed by atoms with van der Waals surface area (Å²) in [6, 6.07) is 7.76. The topological polar surface area (TPSA) is 55.1 Å². The Morgan fingerprint density at radius 2 is 2.05 bits per heavy atom. The summed E-state index contributed by atoms with van der Waals surface area (Å²) in [6.07, 6.45) is 3.20. The number of thioether (sulfide) groups is 1. The molecule has 3 N–H and O–H groups in total. The quantitative estimate of drug-likeness (QED) is 0.612. The molecule has 0 saturated heterocycles. The molecule has 2 rings (SSSR count). The summed E-state index contributed by atoms with van der Waals surface area (Å²) in [5, 5.41) is 3.78. The van der Waals surface area contributed by atoms with Gasteiger partial charge in [0.2, 0.25) is 5.91 Å². The Morgan fingerprint density at radius 1 is 1.33 bits per heavy atom. The minimum absolute atomic E-state index is 0. The first-order chi connectivity index (χ1) is 9.70. The van der Waals surface area contributed by atoms with E-state index in [4.69, 9.17) is 17.3 Å². The van der Waals surface area contributed by atoms with Crippen LogP contribution in [0.2, 0.25) is 5.02 Å². The molecule has 1 aliphatic rings. The molecule has 1 aromatic carbocycles. The molecule has 0 aromatic heterocycles. The molecule has 0 spiro atoms. The Hall–Kier alpha value is -0.420. The number of nitrogens with one attached hydrogen (secondary N) is 1. The number of hydrogen-bond acceptors (Lipinski definition) is 3. The Balaban J connectivity index is 0.00000220. The second kappa shape index (κ2) is 9.57. The van der Waals surface area contributed by atoms with Crippen molar-refractivity contribution in [3.63, 3.8) is 0 Å². The molecule has 1 amide bonds. The van der Waals surface area contributed by atoms with Crippen LogP contribution in [0, 0.1) is 11.8 Å². The molecule has 6 heteroatoms. The van der Waals surface area contributed by atoms with E-state index in [1.54, 1.807) is 11.8 Å². The standard InChI is InChI=1S/C15H21ClN2OS.ClH/c16-12-4-6-13(7-5-12)20-9-8-18-15(19)14-3-1-2-11(14)10-17;/h4-7,11,14H,1-3,8-10,17H2,(H,18,19);1H/t11-,14-;/m1./s1. The Morgan fingerprint density at radius 3 is 2.71 bits per heavy atom. The molecule has 0 heterocycles. The molecule has 1 fully saturated rings. The van der Waals surface area contributed by atoms with Crippen LogP contribution in [0.25, 0.3) is 0 Å². The largest absolute Gasteiger partial charge is 0.355 e. The van der Waals surface area contributed by atoms with Gasteiger partial charge in [-0.15, -0.1) is 24.2 Å². The number of carbonyl (C=O) groups is 1. The van der Waals surface area contributed by atoms with Crippen LogP contribution in [0.15, 0.2) is 29.2 Å². The lowest BCUT2D eigenvalue weighted by atomic mass is 9.95. The van der Waals surface area contributed by atoms with Crippen molar-refractivity contribution >= 4 is 41.7 Å². The number of hydrogen-bond donors (Lipinski definition) is 2. The van der Waals surface area contributed by atoms with Gasteiger partial charge >= 0.3 is 0 Å². The molecule has 21 heavy (non-hydrogen) atoms. The van der Waals surface area contributed by atoms with E-state index >= 15 is 0 Å². The molecule has 0 aliphatic heterocycles. The molecule has 2 atom stereocenters. The molecule has 118 valence electrons. The Labute approximate surface area is 141 Å².